The summed E-state index contributed by atoms with van der Waals surface area (Å²) in [4.78, 5) is 26.9. The lowest BCUT2D eigenvalue weighted by Gasteiger charge is -2.38. The minimum absolute atomic E-state index is 0.0106. The van der Waals surface area contributed by atoms with Crippen LogP contribution < -0.4 is 0 Å². The van der Waals surface area contributed by atoms with Crippen LogP contribution in [0.4, 0.5) is 4.39 Å². The Morgan fingerprint density at radius 1 is 1.22 bits per heavy atom. The number of benzene rings is 1. The Hall–Kier alpha value is -2.05. The number of nitrogens with zero attached hydrogens (tertiary/aromatic N) is 1. The van der Waals surface area contributed by atoms with Gasteiger partial charge in [0.15, 0.2) is 5.78 Å². The zero-order valence-corrected chi connectivity index (χ0v) is 20.4. The first-order valence-corrected chi connectivity index (χ1v) is 12.0. The molecule has 0 bridgehead atoms. The maximum absolute atomic E-state index is 12.8. The number of ketones is 1. The SMILES string of the molecule is C/C=C(\C=C1\CCCC(Br)=C(c2ccc(C(=O)C3CN(CCCF)C3)cc2)C1)C(=O)OC. The van der Waals surface area contributed by atoms with E-state index in [4.69, 9.17) is 4.74 Å². The van der Waals surface area contributed by atoms with E-state index in [9.17, 15) is 14.0 Å². The van der Waals surface area contributed by atoms with Crippen LogP contribution in [0.15, 0.2) is 52.0 Å². The van der Waals surface area contributed by atoms with Crippen LogP contribution in [0, 0.1) is 5.92 Å². The number of ether oxygens (including phenoxy) is 1. The summed E-state index contributed by atoms with van der Waals surface area (Å²) < 4.78 is 18.4. The zero-order chi connectivity index (χ0) is 23.1. The largest absolute Gasteiger partial charge is 0.465 e. The van der Waals surface area contributed by atoms with E-state index in [1.165, 1.54) is 22.7 Å². The molecule has 0 unspecified atom stereocenters. The van der Waals surface area contributed by atoms with Gasteiger partial charge in [-0.15, -0.1) is 0 Å². The predicted molar refractivity (Wildman–Crippen MR) is 129 cm³/mol. The lowest BCUT2D eigenvalue weighted by Crippen LogP contribution is -2.50. The van der Waals surface area contributed by atoms with Gasteiger partial charge in [0.25, 0.3) is 0 Å². The van der Waals surface area contributed by atoms with E-state index in [1.54, 1.807) is 6.08 Å². The van der Waals surface area contributed by atoms with Crippen molar-refractivity contribution in [2.24, 2.45) is 5.92 Å². The van der Waals surface area contributed by atoms with E-state index >= 15 is 0 Å². The van der Waals surface area contributed by atoms with Crippen molar-refractivity contribution >= 4 is 33.3 Å². The predicted octanol–water partition coefficient (Wildman–Crippen LogP) is 5.89. The number of carbonyl (C=O) groups excluding carboxylic acids is 2. The summed E-state index contributed by atoms with van der Waals surface area (Å²) in [5.41, 5.74) is 4.76. The maximum atomic E-state index is 12.8. The molecule has 6 heteroatoms. The van der Waals surface area contributed by atoms with Crippen LogP contribution in [0.2, 0.25) is 0 Å². The van der Waals surface area contributed by atoms with Gasteiger partial charge < -0.3 is 9.64 Å². The Labute approximate surface area is 198 Å². The van der Waals surface area contributed by atoms with Gasteiger partial charge >= 0.3 is 5.97 Å². The minimum atomic E-state index is -0.323. The van der Waals surface area contributed by atoms with E-state index in [0.717, 1.165) is 56.4 Å². The molecule has 0 atom stereocenters. The number of rotatable bonds is 8. The molecule has 0 amide bonds. The first-order valence-electron chi connectivity index (χ1n) is 11.2. The molecule has 0 N–H and O–H groups in total. The average Bonchev–Trinajstić information content (AvgIpc) is 2.96. The molecular weight excluding hydrogens is 473 g/mol. The molecule has 0 aromatic heterocycles. The third kappa shape index (κ3) is 6.04. The van der Waals surface area contributed by atoms with Crippen molar-refractivity contribution in [1.29, 1.82) is 0 Å². The number of hydrogen-bond donors (Lipinski definition) is 0. The number of likely N-dealkylation sites (tertiary alicyclic amines) is 1. The highest BCUT2D eigenvalue weighted by molar-refractivity contribution is 9.11. The highest BCUT2D eigenvalue weighted by atomic mass is 79.9. The number of esters is 1. The van der Waals surface area contributed by atoms with E-state index in [1.807, 2.05) is 37.3 Å². The Balaban J connectivity index is 1.71. The fraction of sp³-hybridized carbons (Fsp3) is 0.462. The fourth-order valence-corrected chi connectivity index (χ4v) is 4.94. The van der Waals surface area contributed by atoms with Crippen molar-refractivity contribution in [1.82, 2.24) is 4.90 Å². The number of alkyl halides is 1. The number of allylic oxidation sites excluding steroid dienone is 4. The molecule has 1 aromatic carbocycles. The molecule has 0 radical (unpaired) electrons. The summed E-state index contributed by atoms with van der Waals surface area (Å²) in [6, 6.07) is 7.86. The molecule has 1 saturated heterocycles. The van der Waals surface area contributed by atoms with Crippen molar-refractivity contribution in [3.63, 3.8) is 0 Å². The second-order valence-electron chi connectivity index (χ2n) is 8.39. The van der Waals surface area contributed by atoms with E-state index < -0.39 is 0 Å². The molecule has 172 valence electrons. The molecule has 0 saturated carbocycles. The number of methoxy groups -OCH3 is 1. The summed E-state index contributed by atoms with van der Waals surface area (Å²) in [6.07, 6.45) is 7.87. The first kappa shape index (κ1) is 24.6. The van der Waals surface area contributed by atoms with Gasteiger partial charge in [0.2, 0.25) is 0 Å². The van der Waals surface area contributed by atoms with E-state index in [-0.39, 0.29) is 24.3 Å². The number of carbonyl (C=O) groups is 2. The Kier molecular flexibility index (Phi) is 9.00. The normalized spacial score (nSPS) is 19.6. The first-order chi connectivity index (χ1) is 15.5. The molecule has 2 aliphatic rings. The molecule has 1 aliphatic heterocycles. The summed E-state index contributed by atoms with van der Waals surface area (Å²) in [6.45, 7) is 3.70. The van der Waals surface area contributed by atoms with Gasteiger partial charge in [0.05, 0.1) is 19.4 Å². The van der Waals surface area contributed by atoms with Crippen molar-refractivity contribution in [2.75, 3.05) is 33.4 Å². The lowest BCUT2D eigenvalue weighted by molar-refractivity contribution is -0.135. The molecular formula is C26H31BrFNO3. The van der Waals surface area contributed by atoms with Gasteiger partial charge in [0.1, 0.15) is 0 Å². The van der Waals surface area contributed by atoms with Gasteiger partial charge in [-0.1, -0.05) is 51.8 Å². The van der Waals surface area contributed by atoms with E-state index in [0.29, 0.717) is 12.0 Å². The summed E-state index contributed by atoms with van der Waals surface area (Å²) in [5.74, 6) is -0.147. The Bertz CT molecular complexity index is 927. The van der Waals surface area contributed by atoms with Crippen LogP contribution in [0.5, 0.6) is 0 Å². The van der Waals surface area contributed by atoms with Gasteiger partial charge in [-0.3, -0.25) is 9.18 Å². The smallest absolute Gasteiger partial charge is 0.337 e. The van der Waals surface area contributed by atoms with Crippen LogP contribution >= 0.6 is 15.9 Å². The second-order valence-corrected chi connectivity index (χ2v) is 9.35. The molecule has 1 aliphatic carbocycles. The molecule has 0 spiro atoms. The Morgan fingerprint density at radius 2 is 1.94 bits per heavy atom. The summed E-state index contributed by atoms with van der Waals surface area (Å²) in [7, 11) is 1.40. The van der Waals surface area contributed by atoms with Crippen molar-refractivity contribution in [3.05, 3.63) is 63.2 Å². The highest BCUT2D eigenvalue weighted by Gasteiger charge is 2.32. The van der Waals surface area contributed by atoms with E-state index in [2.05, 4.69) is 20.8 Å². The highest BCUT2D eigenvalue weighted by Crippen LogP contribution is 2.37. The molecule has 32 heavy (non-hydrogen) atoms. The monoisotopic (exact) mass is 503 g/mol. The van der Waals surface area contributed by atoms with Crippen LogP contribution in [0.25, 0.3) is 5.57 Å². The molecule has 1 fully saturated rings. The van der Waals surface area contributed by atoms with Gasteiger partial charge in [-0.05, 0) is 60.7 Å². The second kappa shape index (κ2) is 11.7. The third-order valence-electron chi connectivity index (χ3n) is 6.17. The lowest BCUT2D eigenvalue weighted by atomic mass is 9.89. The van der Waals surface area contributed by atoms with Gasteiger partial charge in [-0.2, -0.15) is 0 Å². The topological polar surface area (TPSA) is 46.6 Å². The van der Waals surface area contributed by atoms with Crippen molar-refractivity contribution < 1.29 is 18.7 Å². The van der Waals surface area contributed by atoms with Gasteiger partial charge in [0, 0.05) is 31.1 Å². The van der Waals surface area contributed by atoms with Crippen LogP contribution in [-0.2, 0) is 9.53 Å². The Morgan fingerprint density at radius 3 is 2.56 bits per heavy atom. The molecule has 3 rings (SSSR count). The van der Waals surface area contributed by atoms with Crippen molar-refractivity contribution in [3.8, 4) is 0 Å². The molecule has 4 nitrogen and oxygen atoms in total. The van der Waals surface area contributed by atoms with Gasteiger partial charge in [-0.25, -0.2) is 4.79 Å². The molecule has 1 aromatic rings. The van der Waals surface area contributed by atoms with Crippen molar-refractivity contribution in [2.45, 2.75) is 39.0 Å². The minimum Gasteiger partial charge on any atom is -0.465 e. The zero-order valence-electron chi connectivity index (χ0n) is 18.8. The van der Waals surface area contributed by atoms with Crippen LogP contribution in [-0.4, -0.2) is 50.1 Å². The quantitative estimate of drug-likeness (QED) is 0.252. The fourth-order valence-electron chi connectivity index (χ4n) is 4.29. The standard InChI is InChI=1S/C26H31BrFNO3/c1-3-19(26(31)32-2)14-18-6-4-7-24(27)23(15-18)20-8-10-21(11-9-20)25(30)22-16-29(17-22)13-5-12-28/h3,8-11,14,22H,4-7,12-13,15-17H2,1-2H3/b18-14-,19-3+. The summed E-state index contributed by atoms with van der Waals surface area (Å²) in [5, 5.41) is 0. The number of hydrogen-bond acceptors (Lipinski definition) is 4. The third-order valence-corrected chi connectivity index (χ3v) is 7.05. The average molecular weight is 504 g/mol. The number of Topliss-reactive ketones (excluding diaryl/α,β-unsaturated/α-hetero) is 1. The van der Waals surface area contributed by atoms with Crippen LogP contribution in [0.1, 0.15) is 54.9 Å². The number of halogens is 2. The maximum Gasteiger partial charge on any atom is 0.337 e. The summed E-state index contributed by atoms with van der Waals surface area (Å²) >= 11 is 3.76. The molecule has 1 heterocycles. The van der Waals surface area contributed by atoms with Crippen LogP contribution in [0.3, 0.4) is 0 Å².